The van der Waals surface area contributed by atoms with Crippen molar-refractivity contribution in [2.45, 2.75) is 0 Å². The molecule has 28 heavy (non-hydrogen) atoms. The molecule has 0 radical (unpaired) electrons. The zero-order chi connectivity index (χ0) is 19.9. The van der Waals surface area contributed by atoms with Gasteiger partial charge in [-0.25, -0.2) is 9.37 Å². The molecule has 0 saturated heterocycles. The van der Waals surface area contributed by atoms with Crippen LogP contribution in [0, 0.1) is 5.82 Å². The monoisotopic (exact) mass is 439 g/mol. The zero-order valence-corrected chi connectivity index (χ0v) is 16.1. The Morgan fingerprint density at radius 1 is 1.00 bits per heavy atom. The maximum Gasteiger partial charge on any atom is 0.256 e. The number of pyridine rings is 1. The van der Waals surface area contributed by atoms with E-state index >= 15 is 0 Å². The van der Waals surface area contributed by atoms with Gasteiger partial charge < -0.3 is 10.6 Å². The molecule has 1 aromatic heterocycles. The molecule has 3 aromatic rings. The van der Waals surface area contributed by atoms with Gasteiger partial charge in [-0.3, -0.25) is 9.59 Å². The number of carbonyl (C=O) groups is 2. The van der Waals surface area contributed by atoms with E-state index in [4.69, 9.17) is 0 Å². The average Bonchev–Trinajstić information content (AvgIpc) is 2.68. The van der Waals surface area contributed by atoms with E-state index < -0.39 is 5.91 Å². The van der Waals surface area contributed by atoms with Gasteiger partial charge in [0.25, 0.3) is 5.91 Å². The number of anilines is 2. The van der Waals surface area contributed by atoms with E-state index in [1.807, 2.05) is 0 Å². The van der Waals surface area contributed by atoms with Crippen LogP contribution in [0.15, 0.2) is 77.4 Å². The highest BCUT2D eigenvalue weighted by Crippen LogP contribution is 2.15. The molecular weight excluding hydrogens is 425 g/mol. The summed E-state index contributed by atoms with van der Waals surface area (Å²) >= 11 is 3.28. The van der Waals surface area contributed by atoms with Crippen molar-refractivity contribution in [3.8, 4) is 0 Å². The molecule has 0 aliphatic heterocycles. The maximum atomic E-state index is 13.2. The van der Waals surface area contributed by atoms with Gasteiger partial charge in [0.1, 0.15) is 11.6 Å². The number of rotatable bonds is 5. The third-order valence-corrected chi connectivity index (χ3v) is 4.11. The number of hydrogen-bond acceptors (Lipinski definition) is 3. The second-order valence-corrected chi connectivity index (χ2v) is 6.69. The van der Waals surface area contributed by atoms with Gasteiger partial charge in [-0.2, -0.15) is 0 Å². The van der Waals surface area contributed by atoms with E-state index in [1.165, 1.54) is 24.3 Å². The van der Waals surface area contributed by atoms with E-state index in [0.29, 0.717) is 22.6 Å². The van der Waals surface area contributed by atoms with Crippen molar-refractivity contribution in [3.05, 3.63) is 94.4 Å². The molecule has 0 aliphatic carbocycles. The number of benzene rings is 2. The van der Waals surface area contributed by atoms with Gasteiger partial charge in [-0.05, 0) is 70.0 Å². The van der Waals surface area contributed by atoms with Crippen LogP contribution in [0.5, 0.6) is 0 Å². The maximum absolute atomic E-state index is 13.2. The standard InChI is InChI=1S/C21H15BrFN3O2/c22-16-8-9-19(24-13-16)26-21(28)15-4-2-6-18(12-15)25-20(27)10-7-14-3-1-5-17(23)11-14/h1-13H,(H,25,27)(H,24,26,28)/b10-7+. The minimum absolute atomic E-state index is 0.346. The van der Waals surface area contributed by atoms with Crippen LogP contribution in [-0.4, -0.2) is 16.8 Å². The molecule has 1 heterocycles. The summed E-state index contributed by atoms with van der Waals surface area (Å²) in [6.07, 6.45) is 4.39. The topological polar surface area (TPSA) is 71.1 Å². The minimum atomic E-state index is -0.392. The number of halogens is 2. The number of carbonyl (C=O) groups excluding carboxylic acids is 2. The van der Waals surface area contributed by atoms with E-state index in [-0.39, 0.29) is 11.7 Å². The number of nitrogens with one attached hydrogen (secondary N) is 2. The summed E-state index contributed by atoms with van der Waals surface area (Å²) in [5, 5.41) is 5.36. The number of hydrogen-bond donors (Lipinski definition) is 2. The number of nitrogens with zero attached hydrogens (tertiary/aromatic N) is 1. The Labute approximate surface area is 169 Å². The van der Waals surface area contributed by atoms with E-state index in [2.05, 4.69) is 31.5 Å². The van der Waals surface area contributed by atoms with Gasteiger partial charge in [-0.15, -0.1) is 0 Å². The van der Waals surface area contributed by atoms with Gasteiger partial charge in [0, 0.05) is 28.0 Å². The second-order valence-electron chi connectivity index (χ2n) is 5.77. The van der Waals surface area contributed by atoms with Crippen LogP contribution in [-0.2, 0) is 4.79 Å². The fourth-order valence-electron chi connectivity index (χ4n) is 2.34. The lowest BCUT2D eigenvalue weighted by atomic mass is 10.2. The fraction of sp³-hybridized carbons (Fsp3) is 0. The Morgan fingerprint density at radius 2 is 1.82 bits per heavy atom. The van der Waals surface area contributed by atoms with Gasteiger partial charge in [0.05, 0.1) is 0 Å². The normalized spacial score (nSPS) is 10.6. The van der Waals surface area contributed by atoms with Crippen molar-refractivity contribution >= 4 is 45.3 Å². The molecule has 0 fully saturated rings. The Kier molecular flexibility index (Phi) is 6.29. The van der Waals surface area contributed by atoms with Crippen LogP contribution in [0.4, 0.5) is 15.9 Å². The minimum Gasteiger partial charge on any atom is -0.322 e. The number of amides is 2. The van der Waals surface area contributed by atoms with Crippen molar-refractivity contribution in [3.63, 3.8) is 0 Å². The molecule has 0 saturated carbocycles. The molecule has 7 heteroatoms. The van der Waals surface area contributed by atoms with Crippen molar-refractivity contribution in [2.75, 3.05) is 10.6 Å². The molecule has 0 unspecified atom stereocenters. The van der Waals surface area contributed by atoms with Crippen LogP contribution in [0.3, 0.4) is 0 Å². The highest BCUT2D eigenvalue weighted by atomic mass is 79.9. The van der Waals surface area contributed by atoms with Gasteiger partial charge >= 0.3 is 0 Å². The Hall–Kier alpha value is -3.32. The highest BCUT2D eigenvalue weighted by molar-refractivity contribution is 9.10. The molecule has 140 valence electrons. The summed E-state index contributed by atoms with van der Waals surface area (Å²) in [6.45, 7) is 0. The first-order valence-electron chi connectivity index (χ1n) is 8.27. The molecule has 0 bridgehead atoms. The SMILES string of the molecule is O=C(/C=C/c1cccc(F)c1)Nc1cccc(C(=O)Nc2ccc(Br)cn2)c1. The predicted octanol–water partition coefficient (Wildman–Crippen LogP) is 4.89. The first-order valence-corrected chi connectivity index (χ1v) is 9.06. The molecule has 0 spiro atoms. The van der Waals surface area contributed by atoms with Crippen LogP contribution in [0.1, 0.15) is 15.9 Å². The van der Waals surface area contributed by atoms with E-state index in [1.54, 1.807) is 54.7 Å². The fourth-order valence-corrected chi connectivity index (χ4v) is 2.58. The van der Waals surface area contributed by atoms with Crippen LogP contribution >= 0.6 is 15.9 Å². The molecule has 2 N–H and O–H groups in total. The lowest BCUT2D eigenvalue weighted by molar-refractivity contribution is -0.111. The lowest BCUT2D eigenvalue weighted by Crippen LogP contribution is -2.14. The Morgan fingerprint density at radius 3 is 2.57 bits per heavy atom. The van der Waals surface area contributed by atoms with Crippen molar-refractivity contribution in [1.82, 2.24) is 4.98 Å². The van der Waals surface area contributed by atoms with Crippen LogP contribution in [0.2, 0.25) is 0 Å². The third-order valence-electron chi connectivity index (χ3n) is 3.64. The summed E-state index contributed by atoms with van der Waals surface area (Å²) in [6, 6.07) is 15.9. The lowest BCUT2D eigenvalue weighted by Gasteiger charge is -2.07. The molecule has 0 aliphatic rings. The van der Waals surface area contributed by atoms with E-state index in [9.17, 15) is 14.0 Å². The predicted molar refractivity (Wildman–Crippen MR) is 110 cm³/mol. The molecule has 5 nitrogen and oxygen atoms in total. The first kappa shape index (κ1) is 19.4. The molecule has 3 rings (SSSR count). The second kappa shape index (κ2) is 9.05. The van der Waals surface area contributed by atoms with Crippen LogP contribution < -0.4 is 10.6 Å². The summed E-state index contributed by atoms with van der Waals surface area (Å²) in [7, 11) is 0. The molecule has 2 aromatic carbocycles. The summed E-state index contributed by atoms with van der Waals surface area (Å²) in [4.78, 5) is 28.5. The number of aromatic nitrogens is 1. The van der Waals surface area contributed by atoms with Crippen molar-refractivity contribution < 1.29 is 14.0 Å². The van der Waals surface area contributed by atoms with Crippen LogP contribution in [0.25, 0.3) is 6.08 Å². The molecule has 0 atom stereocenters. The molecule has 2 amide bonds. The average molecular weight is 440 g/mol. The Balaban J connectivity index is 1.64. The largest absolute Gasteiger partial charge is 0.322 e. The van der Waals surface area contributed by atoms with Gasteiger partial charge in [-0.1, -0.05) is 18.2 Å². The summed E-state index contributed by atoms with van der Waals surface area (Å²) in [5.74, 6) is -0.695. The van der Waals surface area contributed by atoms with E-state index in [0.717, 1.165) is 4.47 Å². The van der Waals surface area contributed by atoms with Gasteiger partial charge in [0.15, 0.2) is 0 Å². The molecular formula is C21H15BrFN3O2. The van der Waals surface area contributed by atoms with Gasteiger partial charge in [0.2, 0.25) is 5.91 Å². The third kappa shape index (κ3) is 5.59. The summed E-state index contributed by atoms with van der Waals surface area (Å²) in [5.41, 5.74) is 1.41. The quantitative estimate of drug-likeness (QED) is 0.556. The smallest absolute Gasteiger partial charge is 0.256 e. The first-order chi connectivity index (χ1) is 13.5. The highest BCUT2D eigenvalue weighted by Gasteiger charge is 2.08. The van der Waals surface area contributed by atoms with Crippen molar-refractivity contribution in [1.29, 1.82) is 0 Å². The summed E-state index contributed by atoms with van der Waals surface area (Å²) < 4.78 is 14.0. The zero-order valence-electron chi connectivity index (χ0n) is 14.5. The Bertz CT molecular complexity index is 1040. The van der Waals surface area contributed by atoms with Crippen molar-refractivity contribution in [2.24, 2.45) is 0 Å².